The summed E-state index contributed by atoms with van der Waals surface area (Å²) in [6.07, 6.45) is 8.08. The van der Waals surface area contributed by atoms with Crippen LogP contribution in [0, 0.1) is 0 Å². The number of aliphatic imine (C=N–C) groups is 2. The molecule has 2 N–H and O–H groups in total. The van der Waals surface area contributed by atoms with E-state index in [4.69, 9.17) is 0 Å². The molecule has 2 heterocycles. The van der Waals surface area contributed by atoms with E-state index in [1.165, 1.54) is 11.1 Å². The number of nitrogens with one attached hydrogen (secondary N) is 2. The maximum absolute atomic E-state index is 4.65. The van der Waals surface area contributed by atoms with Crippen LogP contribution in [-0.2, 0) is 12.8 Å². The average molecular weight is 423 g/mol. The molecule has 0 spiro atoms. The predicted molar refractivity (Wildman–Crippen MR) is 136 cm³/mol. The number of nitrogens with zero attached hydrogens (tertiary/aromatic N) is 2. The van der Waals surface area contributed by atoms with Crippen LogP contribution in [0.4, 0.5) is 11.4 Å². The summed E-state index contributed by atoms with van der Waals surface area (Å²) in [6, 6.07) is 24.6. The van der Waals surface area contributed by atoms with E-state index in [2.05, 4.69) is 45.9 Å². The average Bonchev–Trinajstić information content (AvgIpc) is 3.42. The molecule has 0 saturated carbocycles. The minimum absolute atomic E-state index is 0.954. The van der Waals surface area contributed by atoms with Gasteiger partial charge in [-0.25, -0.2) is 0 Å². The molecular formula is C28H30N4. The molecule has 4 nitrogen and oxygen atoms in total. The molecule has 2 aromatic heterocycles. The molecule has 0 bridgehead atoms. The maximum atomic E-state index is 4.65. The number of aromatic amines is 2. The van der Waals surface area contributed by atoms with Gasteiger partial charge in [-0.3, -0.25) is 9.98 Å². The summed E-state index contributed by atoms with van der Waals surface area (Å²) >= 11 is 0. The van der Waals surface area contributed by atoms with E-state index in [1.54, 1.807) is 0 Å². The zero-order chi connectivity index (χ0) is 22.2. The standard InChI is InChI=1S/C28H30N4/c1-3-11-21-17-25(31-27(21)19-29-23-13-7-5-8-14-23)26-18-22(12-4-2)28(32-26)20-30-24-15-9-6-10-16-24/h5-10,13-20,31-32H,3-4,11-12H2,1-2H3. The van der Waals surface area contributed by atoms with Crippen molar-refractivity contribution in [3.8, 4) is 11.4 Å². The van der Waals surface area contributed by atoms with Crippen LogP contribution in [0.2, 0.25) is 0 Å². The highest BCUT2D eigenvalue weighted by Gasteiger charge is 2.12. The first-order chi connectivity index (χ1) is 15.8. The van der Waals surface area contributed by atoms with Crippen molar-refractivity contribution in [2.24, 2.45) is 9.98 Å². The minimum atomic E-state index is 0.954. The summed E-state index contributed by atoms with van der Waals surface area (Å²) in [5, 5.41) is 0. The molecule has 0 saturated heterocycles. The molecule has 162 valence electrons. The van der Waals surface area contributed by atoms with E-state index in [0.29, 0.717) is 0 Å². The fourth-order valence-corrected chi connectivity index (χ4v) is 3.81. The van der Waals surface area contributed by atoms with Crippen molar-refractivity contribution in [3.63, 3.8) is 0 Å². The summed E-state index contributed by atoms with van der Waals surface area (Å²) in [5.41, 5.74) is 8.78. The molecule has 0 unspecified atom stereocenters. The molecule has 0 amide bonds. The van der Waals surface area contributed by atoms with Crippen molar-refractivity contribution in [2.75, 3.05) is 0 Å². The third kappa shape index (κ3) is 5.33. The van der Waals surface area contributed by atoms with Gasteiger partial charge in [0.05, 0.1) is 46.6 Å². The van der Waals surface area contributed by atoms with Crippen LogP contribution in [0.3, 0.4) is 0 Å². The Morgan fingerprint density at radius 2 is 1.03 bits per heavy atom. The Morgan fingerprint density at radius 1 is 0.625 bits per heavy atom. The minimum Gasteiger partial charge on any atom is -0.352 e. The number of benzene rings is 2. The van der Waals surface area contributed by atoms with E-state index in [-0.39, 0.29) is 0 Å². The molecule has 2 aromatic carbocycles. The molecule has 4 aromatic rings. The zero-order valence-corrected chi connectivity index (χ0v) is 18.8. The van der Waals surface area contributed by atoms with Crippen LogP contribution in [-0.4, -0.2) is 22.4 Å². The highest BCUT2D eigenvalue weighted by molar-refractivity contribution is 5.86. The molecular weight excluding hydrogens is 392 g/mol. The fraction of sp³-hybridized carbons (Fsp3) is 0.214. The lowest BCUT2D eigenvalue weighted by Gasteiger charge is -1.96. The van der Waals surface area contributed by atoms with Crippen LogP contribution in [0.5, 0.6) is 0 Å². The van der Waals surface area contributed by atoms with Crippen LogP contribution >= 0.6 is 0 Å². The van der Waals surface area contributed by atoms with Gasteiger partial charge in [0.15, 0.2) is 0 Å². The number of para-hydroxylation sites is 2. The van der Waals surface area contributed by atoms with Crippen LogP contribution in [0.15, 0.2) is 82.8 Å². The van der Waals surface area contributed by atoms with Crippen LogP contribution in [0.1, 0.15) is 49.2 Å². The van der Waals surface area contributed by atoms with Gasteiger partial charge >= 0.3 is 0 Å². The topological polar surface area (TPSA) is 56.3 Å². The summed E-state index contributed by atoms with van der Waals surface area (Å²) in [5.74, 6) is 0. The first-order valence-corrected chi connectivity index (χ1v) is 11.4. The quantitative estimate of drug-likeness (QED) is 0.264. The van der Waals surface area contributed by atoms with Gasteiger partial charge in [0.1, 0.15) is 0 Å². The predicted octanol–water partition coefficient (Wildman–Crippen LogP) is 7.42. The number of aromatic nitrogens is 2. The smallest absolute Gasteiger partial charge is 0.0630 e. The van der Waals surface area contributed by atoms with E-state index < -0.39 is 0 Å². The Labute approximate surface area is 190 Å². The monoisotopic (exact) mass is 422 g/mol. The first kappa shape index (κ1) is 21.6. The van der Waals surface area contributed by atoms with Gasteiger partial charge in [0, 0.05) is 0 Å². The maximum Gasteiger partial charge on any atom is 0.0630 e. The lowest BCUT2D eigenvalue weighted by atomic mass is 10.1. The third-order valence-corrected chi connectivity index (χ3v) is 5.39. The number of H-pyrrole nitrogens is 2. The van der Waals surface area contributed by atoms with E-state index in [1.807, 2.05) is 73.1 Å². The normalized spacial score (nSPS) is 11.7. The third-order valence-electron chi connectivity index (χ3n) is 5.39. The highest BCUT2D eigenvalue weighted by Crippen LogP contribution is 2.25. The Kier molecular flexibility index (Phi) is 7.13. The Morgan fingerprint density at radius 3 is 1.41 bits per heavy atom. The van der Waals surface area contributed by atoms with Crippen molar-refractivity contribution in [2.45, 2.75) is 39.5 Å². The second-order valence-corrected chi connectivity index (χ2v) is 7.93. The number of rotatable bonds is 9. The first-order valence-electron chi connectivity index (χ1n) is 11.4. The summed E-state index contributed by atoms with van der Waals surface area (Å²) in [6.45, 7) is 4.41. The Balaban J connectivity index is 1.65. The molecule has 0 radical (unpaired) electrons. The second kappa shape index (κ2) is 10.6. The number of hydrogen-bond donors (Lipinski definition) is 2. The van der Waals surface area contributed by atoms with Gasteiger partial charge in [-0.1, -0.05) is 63.1 Å². The SMILES string of the molecule is CCCc1cc(-c2cc(CCC)c(C=Nc3ccccc3)[nH]2)[nH]c1C=Nc1ccccc1. The van der Waals surface area contributed by atoms with E-state index in [0.717, 1.165) is 59.8 Å². The number of aryl methyl sites for hydroxylation is 2. The summed E-state index contributed by atoms with van der Waals surface area (Å²) < 4.78 is 0. The molecule has 0 aliphatic heterocycles. The Hall–Kier alpha value is -3.66. The molecule has 0 aliphatic rings. The van der Waals surface area contributed by atoms with Gasteiger partial charge in [-0.15, -0.1) is 0 Å². The van der Waals surface area contributed by atoms with E-state index in [9.17, 15) is 0 Å². The van der Waals surface area contributed by atoms with Crippen LogP contribution < -0.4 is 0 Å². The van der Waals surface area contributed by atoms with Gasteiger partial charge < -0.3 is 9.97 Å². The molecule has 4 rings (SSSR count). The van der Waals surface area contributed by atoms with Crippen molar-refractivity contribution in [1.29, 1.82) is 0 Å². The molecule has 0 aliphatic carbocycles. The Bertz CT molecular complexity index is 1090. The van der Waals surface area contributed by atoms with E-state index >= 15 is 0 Å². The number of hydrogen-bond acceptors (Lipinski definition) is 2. The molecule has 32 heavy (non-hydrogen) atoms. The fourth-order valence-electron chi connectivity index (χ4n) is 3.81. The van der Waals surface area contributed by atoms with Gasteiger partial charge in [0.25, 0.3) is 0 Å². The lowest BCUT2D eigenvalue weighted by molar-refractivity contribution is 0.921. The van der Waals surface area contributed by atoms with Gasteiger partial charge in [-0.2, -0.15) is 0 Å². The largest absolute Gasteiger partial charge is 0.352 e. The van der Waals surface area contributed by atoms with Crippen molar-refractivity contribution in [3.05, 3.63) is 95.3 Å². The zero-order valence-electron chi connectivity index (χ0n) is 18.8. The lowest BCUT2D eigenvalue weighted by Crippen LogP contribution is -1.89. The van der Waals surface area contributed by atoms with Crippen LogP contribution in [0.25, 0.3) is 11.4 Å². The summed E-state index contributed by atoms with van der Waals surface area (Å²) in [7, 11) is 0. The molecule has 4 heteroatoms. The molecule has 0 fully saturated rings. The van der Waals surface area contributed by atoms with Crippen molar-refractivity contribution >= 4 is 23.8 Å². The summed E-state index contributed by atoms with van der Waals surface area (Å²) in [4.78, 5) is 16.5. The van der Waals surface area contributed by atoms with Gasteiger partial charge in [-0.05, 0) is 60.4 Å². The highest BCUT2D eigenvalue weighted by atomic mass is 14.8. The van der Waals surface area contributed by atoms with Crippen molar-refractivity contribution in [1.82, 2.24) is 9.97 Å². The van der Waals surface area contributed by atoms with Crippen molar-refractivity contribution < 1.29 is 0 Å². The van der Waals surface area contributed by atoms with Gasteiger partial charge in [0.2, 0.25) is 0 Å². The molecule has 0 atom stereocenters. The second-order valence-electron chi connectivity index (χ2n) is 7.93.